The second-order valence-electron chi connectivity index (χ2n) is 9.33. The van der Waals surface area contributed by atoms with E-state index in [0.29, 0.717) is 52.7 Å². The monoisotopic (exact) mass is 497 g/mol. The average molecular weight is 498 g/mol. The van der Waals surface area contributed by atoms with Crippen molar-refractivity contribution in [2.24, 2.45) is 7.05 Å². The number of hydrogen-bond acceptors (Lipinski definition) is 7. The number of piperazine rings is 1. The van der Waals surface area contributed by atoms with E-state index in [0.717, 1.165) is 24.0 Å². The Morgan fingerprint density at radius 1 is 0.973 bits per heavy atom. The smallest absolute Gasteiger partial charge is 0.275 e. The van der Waals surface area contributed by atoms with E-state index in [1.165, 1.54) is 0 Å². The van der Waals surface area contributed by atoms with Gasteiger partial charge in [0.25, 0.3) is 11.5 Å². The number of fused-ring (bicyclic) bond motifs is 5. The molecule has 188 valence electrons. The minimum absolute atomic E-state index is 0.0114. The summed E-state index contributed by atoms with van der Waals surface area (Å²) < 4.78 is 9.04. The van der Waals surface area contributed by atoms with Crippen LogP contribution < -0.4 is 15.6 Å². The molecule has 3 aromatic heterocycles. The molecule has 5 aromatic rings. The molecule has 0 aliphatic carbocycles. The molecule has 6 rings (SSSR count). The maximum Gasteiger partial charge on any atom is 0.275 e. The Balaban J connectivity index is 1.38. The largest absolute Gasteiger partial charge is 0.495 e. The van der Waals surface area contributed by atoms with Gasteiger partial charge in [-0.15, -0.1) is 0 Å². The molecule has 0 radical (unpaired) electrons. The molecule has 4 heterocycles. The Hall–Kier alpha value is -4.44. The summed E-state index contributed by atoms with van der Waals surface area (Å²) in [5.74, 6) is 0.852. The fourth-order valence-corrected chi connectivity index (χ4v) is 4.89. The number of aromatic nitrogens is 4. The van der Waals surface area contributed by atoms with Crippen LogP contribution in [0.4, 0.5) is 11.6 Å². The van der Waals surface area contributed by atoms with E-state index >= 15 is 0 Å². The molecule has 37 heavy (non-hydrogen) atoms. The Bertz CT molecular complexity index is 1730. The van der Waals surface area contributed by atoms with Crippen LogP contribution in [0.3, 0.4) is 0 Å². The van der Waals surface area contributed by atoms with E-state index in [2.05, 4.69) is 22.2 Å². The fraction of sp³-hybridized carbons (Fsp3) is 0.259. The van der Waals surface area contributed by atoms with Gasteiger partial charge < -0.3 is 24.4 Å². The molecule has 10 nitrogen and oxygen atoms in total. The summed E-state index contributed by atoms with van der Waals surface area (Å²) in [5, 5.41) is 4.19. The lowest BCUT2D eigenvalue weighted by Gasteiger charge is -2.32. The number of benzene rings is 2. The van der Waals surface area contributed by atoms with E-state index in [1.807, 2.05) is 39.6 Å². The number of hydrogen-bond donors (Lipinski definition) is 1. The first-order valence-electron chi connectivity index (χ1n) is 12.1. The maximum absolute atomic E-state index is 13.0. The first-order chi connectivity index (χ1) is 17.9. The first kappa shape index (κ1) is 23.0. The second kappa shape index (κ2) is 8.90. The summed E-state index contributed by atoms with van der Waals surface area (Å²) in [4.78, 5) is 39.4. The summed E-state index contributed by atoms with van der Waals surface area (Å²) in [5.41, 5.74) is 3.76. The highest BCUT2D eigenvalue weighted by molar-refractivity contribution is 5.96. The second-order valence-corrected chi connectivity index (χ2v) is 9.33. The number of nitrogens with zero attached hydrogens (tertiary/aromatic N) is 6. The van der Waals surface area contributed by atoms with Crippen molar-refractivity contribution in [3.63, 3.8) is 0 Å². The van der Waals surface area contributed by atoms with Gasteiger partial charge in [-0.2, -0.15) is 4.98 Å². The van der Waals surface area contributed by atoms with Crippen molar-refractivity contribution in [2.75, 3.05) is 45.7 Å². The molecule has 0 bridgehead atoms. The molecule has 0 atom stereocenters. The van der Waals surface area contributed by atoms with Gasteiger partial charge in [0.1, 0.15) is 16.8 Å². The molecule has 1 saturated heterocycles. The lowest BCUT2D eigenvalue weighted by atomic mass is 10.1. The Labute approximate surface area is 212 Å². The third kappa shape index (κ3) is 3.86. The van der Waals surface area contributed by atoms with E-state index < -0.39 is 0 Å². The molecular weight excluding hydrogens is 470 g/mol. The topological polar surface area (TPSA) is 97.0 Å². The molecule has 0 unspecified atom stereocenters. The lowest BCUT2D eigenvalue weighted by molar-refractivity contribution is 0.0664. The molecule has 2 aromatic carbocycles. The van der Waals surface area contributed by atoms with Crippen LogP contribution in [0.1, 0.15) is 10.4 Å². The Kier molecular flexibility index (Phi) is 5.53. The van der Waals surface area contributed by atoms with Crippen molar-refractivity contribution in [1.29, 1.82) is 0 Å². The van der Waals surface area contributed by atoms with E-state index in [-0.39, 0.29) is 11.5 Å². The van der Waals surface area contributed by atoms with Gasteiger partial charge in [0.15, 0.2) is 5.65 Å². The number of ether oxygens (including phenoxy) is 1. The molecule has 1 N–H and O–H groups in total. The highest BCUT2D eigenvalue weighted by atomic mass is 16.5. The van der Waals surface area contributed by atoms with Crippen molar-refractivity contribution in [3.05, 3.63) is 70.6 Å². The van der Waals surface area contributed by atoms with Crippen molar-refractivity contribution >= 4 is 45.1 Å². The van der Waals surface area contributed by atoms with Crippen LogP contribution in [0, 0.1) is 0 Å². The number of methoxy groups -OCH3 is 1. The number of anilines is 2. The summed E-state index contributed by atoms with van der Waals surface area (Å²) in [7, 11) is 5.35. The van der Waals surface area contributed by atoms with E-state index in [4.69, 9.17) is 9.72 Å². The van der Waals surface area contributed by atoms with Crippen LogP contribution in [0.25, 0.3) is 27.6 Å². The van der Waals surface area contributed by atoms with Crippen molar-refractivity contribution in [2.45, 2.75) is 0 Å². The van der Waals surface area contributed by atoms with E-state index in [9.17, 15) is 9.59 Å². The van der Waals surface area contributed by atoms with Crippen LogP contribution in [0.15, 0.2) is 59.5 Å². The van der Waals surface area contributed by atoms with Gasteiger partial charge in [-0.1, -0.05) is 18.2 Å². The zero-order chi connectivity index (χ0) is 25.7. The number of carbonyl (C=O) groups excluding carboxylic acids is 1. The SMILES string of the molecule is COc1cc(C(=O)N2CCN(C)CC2)ccc1Nc1ncc2c(n1)n1c(cc3ccccc31)c(=O)n2C. The summed E-state index contributed by atoms with van der Waals surface area (Å²) in [6, 6.07) is 15.0. The minimum Gasteiger partial charge on any atom is -0.495 e. The maximum atomic E-state index is 13.0. The molecule has 10 heteroatoms. The number of rotatable bonds is 4. The standard InChI is InChI=1S/C27H27N7O3/c1-31-10-12-33(13-11-31)25(35)18-8-9-19(23(15-18)37-3)29-27-28-16-22-24(30-27)34-20-7-5-4-6-17(20)14-21(34)26(36)32(22)2/h4-9,14-16H,10-13H2,1-3H3,(H,28,29,30). The van der Waals surface area contributed by atoms with Crippen LogP contribution in [0.2, 0.25) is 0 Å². The lowest BCUT2D eigenvalue weighted by Crippen LogP contribution is -2.47. The Morgan fingerprint density at radius 2 is 1.76 bits per heavy atom. The average Bonchev–Trinajstić information content (AvgIpc) is 3.32. The van der Waals surface area contributed by atoms with Crippen LogP contribution in [-0.2, 0) is 7.05 Å². The molecule has 1 fully saturated rings. The number of nitrogens with one attached hydrogen (secondary N) is 1. The number of likely N-dealkylation sites (N-methyl/N-ethyl adjacent to an activating group) is 1. The third-order valence-electron chi connectivity index (χ3n) is 7.04. The summed E-state index contributed by atoms with van der Waals surface area (Å²) >= 11 is 0. The molecule has 0 saturated carbocycles. The van der Waals surface area contributed by atoms with Crippen molar-refractivity contribution in [1.82, 2.24) is 28.7 Å². The molecule has 1 amide bonds. The molecular formula is C27H27N7O3. The zero-order valence-electron chi connectivity index (χ0n) is 20.9. The highest BCUT2D eigenvalue weighted by Crippen LogP contribution is 2.29. The van der Waals surface area contributed by atoms with Gasteiger partial charge in [-0.25, -0.2) is 4.98 Å². The van der Waals surface area contributed by atoms with Crippen molar-refractivity contribution in [3.8, 4) is 5.75 Å². The Morgan fingerprint density at radius 3 is 2.54 bits per heavy atom. The molecule has 1 aliphatic rings. The van der Waals surface area contributed by atoms with Gasteiger partial charge in [0.05, 0.1) is 24.5 Å². The normalized spacial score (nSPS) is 14.5. The predicted octanol–water partition coefficient (Wildman–Crippen LogP) is 2.87. The fourth-order valence-electron chi connectivity index (χ4n) is 4.89. The van der Waals surface area contributed by atoms with Crippen LogP contribution in [-0.4, -0.2) is 75.0 Å². The van der Waals surface area contributed by atoms with Crippen LogP contribution in [0.5, 0.6) is 5.75 Å². The predicted molar refractivity (Wildman–Crippen MR) is 143 cm³/mol. The van der Waals surface area contributed by atoms with Crippen LogP contribution >= 0.6 is 0 Å². The number of aryl methyl sites for hydroxylation is 1. The molecule has 0 spiro atoms. The number of para-hydroxylation sites is 1. The molecule has 1 aliphatic heterocycles. The third-order valence-corrected chi connectivity index (χ3v) is 7.04. The quantitative estimate of drug-likeness (QED) is 0.408. The van der Waals surface area contributed by atoms with Gasteiger partial charge in [-0.3, -0.25) is 14.0 Å². The van der Waals surface area contributed by atoms with Gasteiger partial charge in [0, 0.05) is 44.2 Å². The highest BCUT2D eigenvalue weighted by Gasteiger charge is 2.22. The van der Waals surface area contributed by atoms with E-state index in [1.54, 1.807) is 43.1 Å². The van der Waals surface area contributed by atoms with Gasteiger partial charge in [-0.05, 0) is 37.4 Å². The summed E-state index contributed by atoms with van der Waals surface area (Å²) in [6.07, 6.45) is 1.64. The van der Waals surface area contributed by atoms with Crippen molar-refractivity contribution < 1.29 is 9.53 Å². The number of amides is 1. The zero-order valence-corrected chi connectivity index (χ0v) is 20.9. The van der Waals surface area contributed by atoms with Gasteiger partial charge >= 0.3 is 0 Å². The first-order valence-corrected chi connectivity index (χ1v) is 12.1. The minimum atomic E-state index is -0.115. The summed E-state index contributed by atoms with van der Waals surface area (Å²) in [6.45, 7) is 3.12. The van der Waals surface area contributed by atoms with Gasteiger partial charge in [0.2, 0.25) is 5.95 Å². The number of carbonyl (C=O) groups is 1.